The first kappa shape index (κ1) is 17.1. The first-order valence-electron chi connectivity index (χ1n) is 9.34. The lowest BCUT2D eigenvalue weighted by Crippen LogP contribution is -2.46. The predicted octanol–water partition coefficient (Wildman–Crippen LogP) is 3.13. The molecule has 3 aromatic rings. The number of rotatable bonds is 3. The standard InChI is InChI=1S/C20H19N5O2S/c26-17-12-24(20(27)25(17)15-4-2-1-3-5-15)14-6-9-23(10-7-14)19-18-16(8-11-28-18)21-13-22-19/h1-5,8,11,13-14H,6-7,9-10,12H2. The lowest BCUT2D eigenvalue weighted by molar-refractivity contribution is -0.116. The van der Waals surface area contributed by atoms with Gasteiger partial charge in [-0.3, -0.25) is 4.79 Å². The number of benzene rings is 1. The van der Waals surface area contributed by atoms with Crippen molar-refractivity contribution >= 4 is 45.0 Å². The highest BCUT2D eigenvalue weighted by atomic mass is 32.1. The molecule has 0 bridgehead atoms. The van der Waals surface area contributed by atoms with Gasteiger partial charge in [0.2, 0.25) is 0 Å². The van der Waals surface area contributed by atoms with Gasteiger partial charge in [-0.05, 0) is 36.4 Å². The summed E-state index contributed by atoms with van der Waals surface area (Å²) in [4.78, 5) is 39.5. The zero-order chi connectivity index (χ0) is 19.1. The van der Waals surface area contributed by atoms with Crippen LogP contribution in [0.2, 0.25) is 0 Å². The van der Waals surface area contributed by atoms with Crippen molar-refractivity contribution in [3.8, 4) is 0 Å². The fourth-order valence-electron chi connectivity index (χ4n) is 4.03. The summed E-state index contributed by atoms with van der Waals surface area (Å²) in [6, 6.07) is 11.0. The molecule has 7 nitrogen and oxygen atoms in total. The molecule has 142 valence electrons. The maximum atomic E-state index is 12.9. The molecule has 2 saturated heterocycles. The van der Waals surface area contributed by atoms with Crippen LogP contribution in [0.4, 0.5) is 16.3 Å². The number of thiophene rings is 1. The number of anilines is 2. The van der Waals surface area contributed by atoms with Gasteiger partial charge in [0.25, 0.3) is 5.91 Å². The van der Waals surface area contributed by atoms with E-state index in [2.05, 4.69) is 14.9 Å². The Morgan fingerprint density at radius 1 is 1.00 bits per heavy atom. The van der Waals surface area contributed by atoms with Gasteiger partial charge >= 0.3 is 6.03 Å². The Bertz CT molecular complexity index is 1030. The molecule has 8 heteroatoms. The molecule has 0 saturated carbocycles. The van der Waals surface area contributed by atoms with E-state index in [-0.39, 0.29) is 24.5 Å². The maximum absolute atomic E-state index is 12.9. The Kier molecular flexibility index (Phi) is 4.20. The second kappa shape index (κ2) is 6.87. The highest BCUT2D eigenvalue weighted by molar-refractivity contribution is 7.17. The summed E-state index contributed by atoms with van der Waals surface area (Å²) < 4.78 is 1.10. The van der Waals surface area contributed by atoms with Crippen LogP contribution in [0.1, 0.15) is 12.8 Å². The number of amides is 3. The molecule has 0 aliphatic carbocycles. The second-order valence-corrected chi connectivity index (χ2v) is 7.94. The predicted molar refractivity (Wildman–Crippen MR) is 109 cm³/mol. The summed E-state index contributed by atoms with van der Waals surface area (Å²) in [6.45, 7) is 1.76. The molecule has 0 radical (unpaired) electrons. The number of hydrogen-bond donors (Lipinski definition) is 0. The fraction of sp³-hybridized carbons (Fsp3) is 0.300. The number of aromatic nitrogens is 2. The summed E-state index contributed by atoms with van der Waals surface area (Å²) in [5.41, 5.74) is 1.61. The van der Waals surface area contributed by atoms with Crippen molar-refractivity contribution in [1.29, 1.82) is 0 Å². The molecule has 0 N–H and O–H groups in total. The first-order valence-corrected chi connectivity index (χ1v) is 10.2. The molecule has 2 aliphatic rings. The van der Waals surface area contributed by atoms with E-state index in [1.807, 2.05) is 29.6 Å². The topological polar surface area (TPSA) is 69.6 Å². The number of hydrogen-bond acceptors (Lipinski definition) is 6. The zero-order valence-electron chi connectivity index (χ0n) is 15.2. The number of fused-ring (bicyclic) bond motifs is 1. The summed E-state index contributed by atoms with van der Waals surface area (Å²) in [5.74, 6) is 0.808. The van der Waals surface area contributed by atoms with Crippen molar-refractivity contribution in [1.82, 2.24) is 14.9 Å². The monoisotopic (exact) mass is 393 g/mol. The van der Waals surface area contributed by atoms with Crippen molar-refractivity contribution in [2.45, 2.75) is 18.9 Å². The van der Waals surface area contributed by atoms with Gasteiger partial charge in [-0.1, -0.05) is 18.2 Å². The Labute approximate surface area is 166 Å². The van der Waals surface area contributed by atoms with Gasteiger partial charge < -0.3 is 9.80 Å². The number of carbonyl (C=O) groups excluding carboxylic acids is 2. The molecule has 4 heterocycles. The number of para-hydroxylation sites is 1. The average molecular weight is 393 g/mol. The third kappa shape index (κ3) is 2.80. The molecular weight excluding hydrogens is 374 g/mol. The normalized spacial score (nSPS) is 18.5. The van der Waals surface area contributed by atoms with E-state index in [1.54, 1.807) is 34.7 Å². The summed E-state index contributed by atoms with van der Waals surface area (Å²) >= 11 is 1.65. The van der Waals surface area contributed by atoms with Crippen molar-refractivity contribution in [3.63, 3.8) is 0 Å². The third-order valence-electron chi connectivity index (χ3n) is 5.44. The Morgan fingerprint density at radius 3 is 2.57 bits per heavy atom. The molecule has 1 aromatic carbocycles. The van der Waals surface area contributed by atoms with Crippen molar-refractivity contribution < 1.29 is 9.59 Å². The Hall–Kier alpha value is -3.00. The number of carbonyl (C=O) groups is 2. The molecule has 28 heavy (non-hydrogen) atoms. The van der Waals surface area contributed by atoms with Crippen LogP contribution in [-0.2, 0) is 4.79 Å². The number of urea groups is 1. The van der Waals surface area contributed by atoms with E-state index >= 15 is 0 Å². The molecule has 5 rings (SSSR count). The van der Waals surface area contributed by atoms with E-state index in [0.717, 1.165) is 42.0 Å². The van der Waals surface area contributed by atoms with Gasteiger partial charge in [0.05, 0.1) is 15.9 Å². The van der Waals surface area contributed by atoms with Crippen molar-refractivity contribution in [3.05, 3.63) is 48.1 Å². The molecule has 3 amide bonds. The minimum absolute atomic E-state index is 0.0714. The number of nitrogens with zero attached hydrogens (tertiary/aromatic N) is 5. The average Bonchev–Trinajstić information content (AvgIpc) is 3.33. The first-order chi connectivity index (χ1) is 13.7. The third-order valence-corrected chi connectivity index (χ3v) is 6.34. The number of imide groups is 1. The fourth-order valence-corrected chi connectivity index (χ4v) is 4.89. The van der Waals surface area contributed by atoms with Crippen LogP contribution < -0.4 is 9.80 Å². The quantitative estimate of drug-likeness (QED) is 0.640. The molecule has 0 atom stereocenters. The smallest absolute Gasteiger partial charge is 0.332 e. The lowest BCUT2D eigenvalue weighted by Gasteiger charge is -2.36. The lowest BCUT2D eigenvalue weighted by atomic mass is 10.0. The van der Waals surface area contributed by atoms with Crippen LogP contribution in [0.25, 0.3) is 10.2 Å². The molecule has 0 spiro atoms. The van der Waals surface area contributed by atoms with Gasteiger partial charge in [0.15, 0.2) is 0 Å². The Balaban J connectivity index is 1.30. The summed E-state index contributed by atoms with van der Waals surface area (Å²) in [7, 11) is 0. The van der Waals surface area contributed by atoms with Crippen LogP contribution in [0.5, 0.6) is 0 Å². The zero-order valence-corrected chi connectivity index (χ0v) is 16.0. The van der Waals surface area contributed by atoms with Gasteiger partial charge in [-0.25, -0.2) is 19.7 Å². The van der Waals surface area contributed by atoms with Crippen molar-refractivity contribution in [2.24, 2.45) is 0 Å². The molecule has 0 unspecified atom stereocenters. The van der Waals surface area contributed by atoms with Crippen LogP contribution in [0.3, 0.4) is 0 Å². The van der Waals surface area contributed by atoms with Gasteiger partial charge in [0, 0.05) is 19.1 Å². The largest absolute Gasteiger partial charge is 0.355 e. The SMILES string of the molecule is O=C1CN(C2CCN(c3ncnc4ccsc34)CC2)C(=O)N1c1ccccc1. The van der Waals surface area contributed by atoms with Gasteiger partial charge in [0.1, 0.15) is 18.7 Å². The second-order valence-electron chi connectivity index (χ2n) is 7.03. The minimum Gasteiger partial charge on any atom is -0.355 e. The molecule has 2 fully saturated rings. The van der Waals surface area contributed by atoms with Gasteiger partial charge in [-0.15, -0.1) is 11.3 Å². The summed E-state index contributed by atoms with van der Waals surface area (Å²) in [6.07, 6.45) is 3.24. The maximum Gasteiger partial charge on any atom is 0.332 e. The molecule has 2 aromatic heterocycles. The van der Waals surface area contributed by atoms with Gasteiger partial charge in [-0.2, -0.15) is 0 Å². The van der Waals surface area contributed by atoms with E-state index < -0.39 is 0 Å². The molecular formula is C20H19N5O2S. The summed E-state index contributed by atoms with van der Waals surface area (Å²) in [5, 5.41) is 2.03. The van der Waals surface area contributed by atoms with E-state index in [0.29, 0.717) is 5.69 Å². The van der Waals surface area contributed by atoms with Crippen molar-refractivity contribution in [2.75, 3.05) is 29.4 Å². The van der Waals surface area contributed by atoms with Crippen LogP contribution >= 0.6 is 11.3 Å². The minimum atomic E-state index is -0.211. The van der Waals surface area contributed by atoms with E-state index in [9.17, 15) is 9.59 Å². The molecule has 2 aliphatic heterocycles. The van der Waals surface area contributed by atoms with Crippen LogP contribution in [0.15, 0.2) is 48.1 Å². The van der Waals surface area contributed by atoms with E-state index in [4.69, 9.17) is 0 Å². The Morgan fingerprint density at radius 2 is 1.79 bits per heavy atom. The van der Waals surface area contributed by atoms with E-state index in [1.165, 1.54) is 4.90 Å². The highest BCUT2D eigenvalue weighted by Crippen LogP contribution is 2.31. The van der Waals surface area contributed by atoms with Crippen LogP contribution in [-0.4, -0.2) is 52.5 Å². The van der Waals surface area contributed by atoms with Crippen LogP contribution in [0, 0.1) is 0 Å². The number of piperidine rings is 1. The highest BCUT2D eigenvalue weighted by Gasteiger charge is 2.41.